The number of nitrogens with zero attached hydrogens (tertiary/aromatic N) is 4. The predicted octanol–water partition coefficient (Wildman–Crippen LogP) is 1.41. The van der Waals surface area contributed by atoms with Gasteiger partial charge in [-0.3, -0.25) is 0 Å². The summed E-state index contributed by atoms with van der Waals surface area (Å²) in [6, 6.07) is 2.61. The van der Waals surface area contributed by atoms with Gasteiger partial charge in [0.1, 0.15) is 17.6 Å². The van der Waals surface area contributed by atoms with Crippen molar-refractivity contribution in [2.45, 2.75) is 38.1 Å². The zero-order valence-electron chi connectivity index (χ0n) is 7.86. The summed E-state index contributed by atoms with van der Waals surface area (Å²) in [7, 11) is 0. The van der Waals surface area contributed by atoms with Crippen LogP contribution in [0.3, 0.4) is 0 Å². The summed E-state index contributed by atoms with van der Waals surface area (Å²) in [6.07, 6.45) is 3.39. The molecule has 0 bridgehead atoms. The second-order valence-electron chi connectivity index (χ2n) is 3.82. The molecule has 68 valence electrons. The average Bonchev–Trinajstić information content (AvgIpc) is 2.74. The van der Waals surface area contributed by atoms with Gasteiger partial charge >= 0.3 is 0 Å². The van der Waals surface area contributed by atoms with Crippen LogP contribution in [-0.2, 0) is 5.41 Å². The zero-order valence-corrected chi connectivity index (χ0v) is 7.86. The first-order chi connectivity index (χ1) is 6.19. The molecular weight excluding hydrogens is 164 g/mol. The highest BCUT2D eigenvalue weighted by atomic mass is 15.4. The summed E-state index contributed by atoms with van der Waals surface area (Å²) in [5.74, 6) is 0.838. The number of rotatable bonds is 2. The summed E-state index contributed by atoms with van der Waals surface area (Å²) in [6.45, 7) is 4.09. The monoisotopic (exact) mass is 176 g/mol. The molecule has 2 rings (SSSR count). The van der Waals surface area contributed by atoms with E-state index in [9.17, 15) is 0 Å². The topological polar surface area (TPSA) is 54.5 Å². The van der Waals surface area contributed by atoms with Crippen molar-refractivity contribution < 1.29 is 0 Å². The molecule has 0 N–H and O–H groups in total. The molecule has 1 heterocycles. The largest absolute Gasteiger partial charge is 0.246 e. The minimum absolute atomic E-state index is 0.281. The molecule has 4 heteroatoms. The van der Waals surface area contributed by atoms with Crippen LogP contribution in [0.15, 0.2) is 6.33 Å². The Morgan fingerprint density at radius 2 is 2.31 bits per heavy atom. The van der Waals surface area contributed by atoms with E-state index in [1.54, 1.807) is 0 Å². The molecule has 0 atom stereocenters. The average molecular weight is 176 g/mol. The summed E-state index contributed by atoms with van der Waals surface area (Å²) < 4.78 is 1.84. The van der Waals surface area contributed by atoms with Gasteiger partial charge in [-0.1, -0.05) is 0 Å². The first-order valence-corrected chi connectivity index (χ1v) is 4.51. The van der Waals surface area contributed by atoms with Gasteiger partial charge in [0, 0.05) is 6.04 Å². The highest BCUT2D eigenvalue weighted by Gasteiger charge is 2.49. The minimum atomic E-state index is -0.319. The Hall–Kier alpha value is -1.37. The third-order valence-corrected chi connectivity index (χ3v) is 2.45. The molecule has 1 aliphatic carbocycles. The van der Waals surface area contributed by atoms with Crippen LogP contribution < -0.4 is 0 Å². The Labute approximate surface area is 77.2 Å². The maximum absolute atomic E-state index is 9.00. The van der Waals surface area contributed by atoms with Gasteiger partial charge in [-0.05, 0) is 26.7 Å². The van der Waals surface area contributed by atoms with Crippen molar-refractivity contribution in [3.63, 3.8) is 0 Å². The molecule has 0 aliphatic heterocycles. The van der Waals surface area contributed by atoms with E-state index >= 15 is 0 Å². The van der Waals surface area contributed by atoms with E-state index in [1.807, 2.05) is 18.5 Å². The lowest BCUT2D eigenvalue weighted by Gasteiger charge is -2.11. The van der Waals surface area contributed by atoms with Gasteiger partial charge < -0.3 is 0 Å². The van der Waals surface area contributed by atoms with Crippen LogP contribution in [0.25, 0.3) is 0 Å². The van der Waals surface area contributed by atoms with Crippen molar-refractivity contribution in [2.24, 2.45) is 0 Å². The number of nitriles is 1. The number of hydrogen-bond donors (Lipinski definition) is 0. The molecule has 13 heavy (non-hydrogen) atoms. The second kappa shape index (κ2) is 2.56. The SMILES string of the molecule is CC(C)n1ncnc1C1(C#N)CC1. The summed E-state index contributed by atoms with van der Waals surface area (Å²) in [5.41, 5.74) is -0.319. The highest BCUT2D eigenvalue weighted by molar-refractivity contribution is 5.29. The predicted molar refractivity (Wildman–Crippen MR) is 46.9 cm³/mol. The van der Waals surface area contributed by atoms with Crippen LogP contribution in [0.5, 0.6) is 0 Å². The standard InChI is InChI=1S/C9H12N4/c1-7(2)13-8(11-6-12-13)9(5-10)3-4-9/h6-7H,3-4H2,1-2H3. The molecule has 0 aromatic carbocycles. The van der Waals surface area contributed by atoms with Crippen LogP contribution in [0.2, 0.25) is 0 Å². The second-order valence-corrected chi connectivity index (χ2v) is 3.82. The van der Waals surface area contributed by atoms with Crippen molar-refractivity contribution in [3.05, 3.63) is 12.2 Å². The van der Waals surface area contributed by atoms with E-state index < -0.39 is 0 Å². The van der Waals surface area contributed by atoms with Gasteiger partial charge in [0.05, 0.1) is 6.07 Å². The maximum Gasteiger partial charge on any atom is 0.147 e. The molecule has 4 nitrogen and oxygen atoms in total. The first-order valence-electron chi connectivity index (χ1n) is 4.51. The normalized spacial score (nSPS) is 18.6. The van der Waals surface area contributed by atoms with E-state index in [2.05, 4.69) is 16.2 Å². The smallest absolute Gasteiger partial charge is 0.147 e. The lowest BCUT2D eigenvalue weighted by molar-refractivity contribution is 0.493. The van der Waals surface area contributed by atoms with Crippen LogP contribution in [0.1, 0.15) is 38.6 Å². The lowest BCUT2D eigenvalue weighted by atomic mass is 10.1. The van der Waals surface area contributed by atoms with Crippen molar-refractivity contribution in [1.29, 1.82) is 5.26 Å². The molecule has 0 amide bonds. The summed E-state index contributed by atoms with van der Waals surface area (Å²) >= 11 is 0. The van der Waals surface area contributed by atoms with Crippen LogP contribution in [0, 0.1) is 11.3 Å². The molecule has 1 aliphatic rings. The highest BCUT2D eigenvalue weighted by Crippen LogP contribution is 2.46. The Morgan fingerprint density at radius 3 is 2.77 bits per heavy atom. The lowest BCUT2D eigenvalue weighted by Crippen LogP contribution is -2.15. The molecular formula is C9H12N4. The summed E-state index contributed by atoms with van der Waals surface area (Å²) in [4.78, 5) is 4.17. The zero-order chi connectivity index (χ0) is 9.47. The van der Waals surface area contributed by atoms with Gasteiger partial charge in [0.25, 0.3) is 0 Å². The third kappa shape index (κ3) is 1.12. The van der Waals surface area contributed by atoms with E-state index in [0.717, 1.165) is 18.7 Å². The fraction of sp³-hybridized carbons (Fsp3) is 0.667. The number of aromatic nitrogens is 3. The third-order valence-electron chi connectivity index (χ3n) is 2.45. The van der Waals surface area contributed by atoms with Crippen LogP contribution in [-0.4, -0.2) is 14.8 Å². The molecule has 1 aromatic rings. The Bertz CT molecular complexity index is 354. The van der Waals surface area contributed by atoms with Crippen LogP contribution in [0.4, 0.5) is 0 Å². The van der Waals surface area contributed by atoms with Crippen molar-refractivity contribution in [1.82, 2.24) is 14.8 Å². The van der Waals surface area contributed by atoms with E-state index in [1.165, 1.54) is 6.33 Å². The van der Waals surface area contributed by atoms with Gasteiger partial charge in [-0.15, -0.1) is 0 Å². The fourth-order valence-corrected chi connectivity index (χ4v) is 1.48. The molecule has 0 unspecified atom stereocenters. The minimum Gasteiger partial charge on any atom is -0.246 e. The van der Waals surface area contributed by atoms with E-state index in [-0.39, 0.29) is 11.5 Å². The number of hydrogen-bond acceptors (Lipinski definition) is 3. The van der Waals surface area contributed by atoms with Crippen molar-refractivity contribution in [2.75, 3.05) is 0 Å². The van der Waals surface area contributed by atoms with Crippen molar-refractivity contribution >= 4 is 0 Å². The first kappa shape index (κ1) is 8.24. The van der Waals surface area contributed by atoms with Gasteiger partial charge in [-0.2, -0.15) is 10.4 Å². The van der Waals surface area contributed by atoms with Crippen LogP contribution >= 0.6 is 0 Å². The quantitative estimate of drug-likeness (QED) is 0.684. The fourth-order valence-electron chi connectivity index (χ4n) is 1.48. The molecule has 1 fully saturated rings. The summed E-state index contributed by atoms with van der Waals surface area (Å²) in [5, 5.41) is 13.1. The molecule has 0 radical (unpaired) electrons. The van der Waals surface area contributed by atoms with E-state index in [4.69, 9.17) is 5.26 Å². The Balaban J connectivity index is 2.42. The Kier molecular flexibility index (Phi) is 1.62. The Morgan fingerprint density at radius 1 is 1.62 bits per heavy atom. The van der Waals surface area contributed by atoms with E-state index in [0.29, 0.717) is 0 Å². The van der Waals surface area contributed by atoms with Gasteiger partial charge in [-0.25, -0.2) is 9.67 Å². The molecule has 1 aromatic heterocycles. The van der Waals surface area contributed by atoms with Gasteiger partial charge in [0.2, 0.25) is 0 Å². The van der Waals surface area contributed by atoms with Gasteiger partial charge in [0.15, 0.2) is 0 Å². The molecule has 0 saturated heterocycles. The molecule has 0 spiro atoms. The van der Waals surface area contributed by atoms with Crippen molar-refractivity contribution in [3.8, 4) is 6.07 Å². The molecule has 1 saturated carbocycles. The maximum atomic E-state index is 9.00.